The van der Waals surface area contributed by atoms with E-state index >= 15 is 0 Å². The highest BCUT2D eigenvalue weighted by Gasteiger charge is 2.30. The van der Waals surface area contributed by atoms with Crippen molar-refractivity contribution in [1.82, 2.24) is 5.32 Å². The van der Waals surface area contributed by atoms with Gasteiger partial charge in [-0.05, 0) is 36.6 Å². The minimum absolute atomic E-state index is 0.0645. The van der Waals surface area contributed by atoms with E-state index in [1.54, 1.807) is 0 Å². The van der Waals surface area contributed by atoms with Crippen LogP contribution in [-0.4, -0.2) is 19.7 Å². The third kappa shape index (κ3) is 4.01. The maximum Gasteiger partial charge on any atom is 0.124 e. The molecule has 0 saturated carbocycles. The largest absolute Gasteiger partial charge is 0.373 e. The summed E-state index contributed by atoms with van der Waals surface area (Å²) in [5.41, 5.74) is 1.05. The molecule has 2 unspecified atom stereocenters. The van der Waals surface area contributed by atoms with Crippen molar-refractivity contribution in [3.63, 3.8) is 0 Å². The minimum Gasteiger partial charge on any atom is -0.373 e. The summed E-state index contributed by atoms with van der Waals surface area (Å²) in [4.78, 5) is 0. The van der Waals surface area contributed by atoms with Crippen LogP contribution in [-0.2, 0) is 4.74 Å². The summed E-state index contributed by atoms with van der Waals surface area (Å²) in [7, 11) is 0. The first-order valence-corrected chi connectivity index (χ1v) is 7.64. The van der Waals surface area contributed by atoms with E-state index in [0.717, 1.165) is 36.2 Å². The van der Waals surface area contributed by atoms with Crippen LogP contribution in [0.25, 0.3) is 0 Å². The van der Waals surface area contributed by atoms with Gasteiger partial charge in [0.15, 0.2) is 0 Å². The van der Waals surface area contributed by atoms with Gasteiger partial charge in [0, 0.05) is 23.5 Å². The first-order valence-electron chi connectivity index (χ1n) is 6.85. The van der Waals surface area contributed by atoms with Crippen LogP contribution in [0.1, 0.15) is 31.9 Å². The number of nitrogens with one attached hydrogen (secondary N) is 1. The monoisotopic (exact) mass is 329 g/mol. The maximum atomic E-state index is 13.1. The van der Waals surface area contributed by atoms with Gasteiger partial charge in [-0.25, -0.2) is 4.39 Å². The number of hydrogen-bond donors (Lipinski definition) is 1. The van der Waals surface area contributed by atoms with Crippen molar-refractivity contribution in [3.05, 3.63) is 34.1 Å². The van der Waals surface area contributed by atoms with Crippen LogP contribution in [0.15, 0.2) is 22.7 Å². The second-order valence-electron chi connectivity index (χ2n) is 5.56. The molecule has 2 rings (SSSR count). The van der Waals surface area contributed by atoms with Crippen molar-refractivity contribution in [2.45, 2.75) is 26.4 Å². The van der Waals surface area contributed by atoms with E-state index in [9.17, 15) is 4.39 Å². The van der Waals surface area contributed by atoms with Crippen molar-refractivity contribution < 1.29 is 9.13 Å². The molecule has 0 radical (unpaired) electrons. The Bertz CT molecular complexity index is 425. The number of hydrogen-bond acceptors (Lipinski definition) is 2. The normalized spacial score (nSPS) is 23.2. The van der Waals surface area contributed by atoms with Gasteiger partial charge in [-0.1, -0.05) is 35.8 Å². The first-order chi connectivity index (χ1) is 9.08. The molecule has 0 aromatic heterocycles. The molecule has 1 aromatic rings. The standard InChI is InChI=1S/C15H21BrFNO/c1-10(2)8-18-9-11-5-6-19-15(11)13-4-3-12(17)7-14(13)16/h3-4,7,10-11,15,18H,5-6,8-9H2,1-2H3. The first kappa shape index (κ1) is 14.9. The average molecular weight is 330 g/mol. The van der Waals surface area contributed by atoms with Crippen molar-refractivity contribution in [1.29, 1.82) is 0 Å². The molecule has 1 aliphatic rings. The van der Waals surface area contributed by atoms with Crippen LogP contribution >= 0.6 is 15.9 Å². The molecule has 1 fully saturated rings. The van der Waals surface area contributed by atoms with Gasteiger partial charge in [0.2, 0.25) is 0 Å². The Morgan fingerprint density at radius 2 is 2.26 bits per heavy atom. The van der Waals surface area contributed by atoms with Gasteiger partial charge in [-0.3, -0.25) is 0 Å². The summed E-state index contributed by atoms with van der Waals surface area (Å²) in [6, 6.07) is 4.83. The van der Waals surface area contributed by atoms with Crippen LogP contribution in [0.3, 0.4) is 0 Å². The van der Waals surface area contributed by atoms with E-state index in [2.05, 4.69) is 35.1 Å². The van der Waals surface area contributed by atoms with Crippen LogP contribution in [0.4, 0.5) is 4.39 Å². The fourth-order valence-electron chi connectivity index (χ4n) is 2.48. The Kier molecular flexibility index (Phi) is 5.37. The number of rotatable bonds is 5. The summed E-state index contributed by atoms with van der Waals surface area (Å²) in [5, 5.41) is 3.49. The van der Waals surface area contributed by atoms with Gasteiger partial charge in [-0.15, -0.1) is 0 Å². The molecule has 19 heavy (non-hydrogen) atoms. The summed E-state index contributed by atoms with van der Waals surface area (Å²) >= 11 is 3.44. The van der Waals surface area contributed by atoms with E-state index in [4.69, 9.17) is 4.74 Å². The number of ether oxygens (including phenoxy) is 1. The molecule has 106 valence electrons. The summed E-state index contributed by atoms with van der Waals surface area (Å²) < 4.78 is 19.8. The van der Waals surface area contributed by atoms with Crippen molar-refractivity contribution in [2.24, 2.45) is 11.8 Å². The second kappa shape index (κ2) is 6.82. The molecule has 1 aliphatic heterocycles. The summed E-state index contributed by atoms with van der Waals surface area (Å²) in [6.45, 7) is 7.15. The third-order valence-electron chi connectivity index (χ3n) is 3.44. The Morgan fingerprint density at radius 1 is 1.47 bits per heavy atom. The minimum atomic E-state index is -0.219. The lowest BCUT2D eigenvalue weighted by atomic mass is 9.95. The Hall–Kier alpha value is -0.450. The quantitative estimate of drug-likeness (QED) is 0.884. The van der Waals surface area contributed by atoms with Crippen LogP contribution in [0.2, 0.25) is 0 Å². The van der Waals surface area contributed by atoms with E-state index < -0.39 is 0 Å². The zero-order valence-electron chi connectivity index (χ0n) is 11.5. The maximum absolute atomic E-state index is 13.1. The zero-order valence-corrected chi connectivity index (χ0v) is 13.0. The molecule has 2 nitrogen and oxygen atoms in total. The Labute approximate surface area is 122 Å². The highest BCUT2D eigenvalue weighted by Crippen LogP contribution is 2.37. The Balaban J connectivity index is 2.01. The van der Waals surface area contributed by atoms with Crippen LogP contribution in [0, 0.1) is 17.7 Å². The smallest absolute Gasteiger partial charge is 0.124 e. The predicted octanol–water partition coefficient (Wildman–Crippen LogP) is 3.91. The van der Waals surface area contributed by atoms with Gasteiger partial charge >= 0.3 is 0 Å². The van der Waals surface area contributed by atoms with Crippen LogP contribution in [0.5, 0.6) is 0 Å². The molecule has 2 atom stereocenters. The van der Waals surface area contributed by atoms with Gasteiger partial charge in [0.1, 0.15) is 5.82 Å². The lowest BCUT2D eigenvalue weighted by Crippen LogP contribution is -2.28. The topological polar surface area (TPSA) is 21.3 Å². The fourth-order valence-corrected chi connectivity index (χ4v) is 3.05. The Morgan fingerprint density at radius 3 is 2.95 bits per heavy atom. The van der Waals surface area contributed by atoms with Crippen molar-refractivity contribution in [3.8, 4) is 0 Å². The molecule has 0 aliphatic carbocycles. The van der Waals surface area contributed by atoms with Crippen LogP contribution < -0.4 is 5.32 Å². The summed E-state index contributed by atoms with van der Waals surface area (Å²) in [5.74, 6) is 0.891. The SMILES string of the molecule is CC(C)CNCC1CCOC1c1ccc(F)cc1Br. The second-order valence-corrected chi connectivity index (χ2v) is 6.41. The molecule has 1 saturated heterocycles. The third-order valence-corrected chi connectivity index (χ3v) is 4.13. The predicted molar refractivity (Wildman–Crippen MR) is 78.6 cm³/mol. The molecular weight excluding hydrogens is 309 g/mol. The van der Waals surface area contributed by atoms with Gasteiger partial charge in [0.25, 0.3) is 0 Å². The zero-order chi connectivity index (χ0) is 13.8. The lowest BCUT2D eigenvalue weighted by Gasteiger charge is -2.21. The fraction of sp³-hybridized carbons (Fsp3) is 0.600. The molecule has 0 bridgehead atoms. The molecular formula is C15H21BrFNO. The number of benzene rings is 1. The van der Waals surface area contributed by atoms with E-state index in [-0.39, 0.29) is 11.9 Å². The van der Waals surface area contributed by atoms with Crippen molar-refractivity contribution in [2.75, 3.05) is 19.7 Å². The highest BCUT2D eigenvalue weighted by atomic mass is 79.9. The van der Waals surface area contributed by atoms with Gasteiger partial charge in [0.05, 0.1) is 6.10 Å². The van der Waals surface area contributed by atoms with E-state index in [1.165, 1.54) is 12.1 Å². The van der Waals surface area contributed by atoms with Gasteiger partial charge in [-0.2, -0.15) is 0 Å². The van der Waals surface area contributed by atoms with Gasteiger partial charge < -0.3 is 10.1 Å². The van der Waals surface area contributed by atoms with E-state index in [0.29, 0.717) is 11.8 Å². The molecule has 1 heterocycles. The molecule has 4 heteroatoms. The van der Waals surface area contributed by atoms with Crippen molar-refractivity contribution >= 4 is 15.9 Å². The molecule has 1 N–H and O–H groups in total. The summed E-state index contributed by atoms with van der Waals surface area (Å²) in [6.07, 6.45) is 1.12. The van der Waals surface area contributed by atoms with E-state index in [1.807, 2.05) is 6.07 Å². The molecule has 0 amide bonds. The number of halogens is 2. The molecule has 0 spiro atoms. The molecule has 1 aromatic carbocycles. The average Bonchev–Trinajstić information content (AvgIpc) is 2.77. The lowest BCUT2D eigenvalue weighted by molar-refractivity contribution is 0.0897. The highest BCUT2D eigenvalue weighted by molar-refractivity contribution is 9.10.